The Balaban J connectivity index is 2.97. The Labute approximate surface area is 235 Å². The van der Waals surface area contributed by atoms with Gasteiger partial charge in [0.25, 0.3) is 0 Å². The van der Waals surface area contributed by atoms with Gasteiger partial charge in [-0.1, -0.05) is 46.2 Å². The van der Waals surface area contributed by atoms with Crippen molar-refractivity contribution < 1.29 is 29.4 Å². The monoisotopic (exact) mass is 563 g/mol. The standard InChI is InChI=1S/C27H45N7O6/c1-5-16(4)22(25(38)33-21(26(39)40)14-17-8-10-18(35)11-9-17)34-24(37)20(13-15(2)3)32-23(36)19(28)7-6-12-31-27(29)30/h8-11,15-16,19-22,35H,5-7,12-14,28H2,1-4H3,(H,32,36)(H,33,38)(H,34,37)(H,39,40)(H4,29,30,31). The molecule has 0 bridgehead atoms. The molecule has 0 spiro atoms. The van der Waals surface area contributed by atoms with Gasteiger partial charge in [0.15, 0.2) is 5.96 Å². The predicted molar refractivity (Wildman–Crippen MR) is 152 cm³/mol. The van der Waals surface area contributed by atoms with Crippen LogP contribution in [0.4, 0.5) is 0 Å². The molecule has 0 aliphatic rings. The van der Waals surface area contributed by atoms with Crippen molar-refractivity contribution in [3.05, 3.63) is 29.8 Å². The van der Waals surface area contributed by atoms with Gasteiger partial charge in [0.05, 0.1) is 6.04 Å². The predicted octanol–water partition coefficient (Wildman–Crippen LogP) is -0.0532. The number of aromatic hydroxyl groups is 1. The summed E-state index contributed by atoms with van der Waals surface area (Å²) in [7, 11) is 0. The molecule has 0 aromatic heterocycles. The molecule has 0 saturated heterocycles. The van der Waals surface area contributed by atoms with Crippen molar-refractivity contribution in [3.63, 3.8) is 0 Å². The van der Waals surface area contributed by atoms with Gasteiger partial charge >= 0.3 is 5.97 Å². The van der Waals surface area contributed by atoms with Gasteiger partial charge in [0, 0.05) is 13.0 Å². The van der Waals surface area contributed by atoms with Crippen LogP contribution < -0.4 is 33.2 Å². The molecule has 11 N–H and O–H groups in total. The maximum absolute atomic E-state index is 13.3. The van der Waals surface area contributed by atoms with Crippen molar-refractivity contribution in [2.45, 2.75) is 84.0 Å². The van der Waals surface area contributed by atoms with E-state index in [2.05, 4.69) is 20.9 Å². The highest BCUT2D eigenvalue weighted by atomic mass is 16.4. The number of carbonyl (C=O) groups is 4. The number of phenolic OH excluding ortho intramolecular Hbond substituents is 1. The molecule has 1 aromatic rings. The molecular weight excluding hydrogens is 518 g/mol. The fourth-order valence-electron chi connectivity index (χ4n) is 3.92. The Kier molecular flexibility index (Phi) is 14.5. The quantitative estimate of drug-likeness (QED) is 0.0719. The van der Waals surface area contributed by atoms with E-state index in [0.717, 1.165) is 0 Å². The average molecular weight is 564 g/mol. The van der Waals surface area contributed by atoms with E-state index in [-0.39, 0.29) is 30.0 Å². The molecule has 0 aliphatic heterocycles. The number of carbonyl (C=O) groups excluding carboxylic acids is 3. The molecule has 40 heavy (non-hydrogen) atoms. The number of amides is 3. The first-order valence-electron chi connectivity index (χ1n) is 13.5. The van der Waals surface area contributed by atoms with Crippen LogP contribution in [0.5, 0.6) is 5.75 Å². The van der Waals surface area contributed by atoms with Crippen molar-refractivity contribution in [2.75, 3.05) is 6.54 Å². The van der Waals surface area contributed by atoms with E-state index < -0.39 is 47.9 Å². The van der Waals surface area contributed by atoms with Crippen LogP contribution in [0.1, 0.15) is 58.9 Å². The molecule has 0 radical (unpaired) electrons. The minimum absolute atomic E-state index is 0.0182. The first kappa shape index (κ1) is 34.2. The molecule has 224 valence electrons. The highest BCUT2D eigenvalue weighted by Crippen LogP contribution is 2.14. The molecule has 5 unspecified atom stereocenters. The number of phenols is 1. The Morgan fingerprint density at radius 3 is 2.05 bits per heavy atom. The van der Waals surface area contributed by atoms with Crippen LogP contribution in [-0.4, -0.2) is 70.6 Å². The topological polar surface area (TPSA) is 235 Å². The lowest BCUT2D eigenvalue weighted by Gasteiger charge is -2.28. The molecular formula is C27H45N7O6. The summed E-state index contributed by atoms with van der Waals surface area (Å²) >= 11 is 0. The van der Waals surface area contributed by atoms with Crippen molar-refractivity contribution >= 4 is 29.7 Å². The average Bonchev–Trinajstić information content (AvgIpc) is 2.88. The molecule has 3 amide bonds. The first-order chi connectivity index (χ1) is 18.7. The van der Waals surface area contributed by atoms with Gasteiger partial charge in [-0.15, -0.1) is 0 Å². The van der Waals surface area contributed by atoms with Crippen LogP contribution in [0.25, 0.3) is 0 Å². The summed E-state index contributed by atoms with van der Waals surface area (Å²) in [4.78, 5) is 55.0. The van der Waals surface area contributed by atoms with Crippen LogP contribution in [0, 0.1) is 11.8 Å². The number of nitrogens with two attached hydrogens (primary N) is 3. The lowest BCUT2D eigenvalue weighted by Crippen LogP contribution is -2.59. The summed E-state index contributed by atoms with van der Waals surface area (Å²) in [6.45, 7) is 7.71. The fourth-order valence-corrected chi connectivity index (χ4v) is 3.92. The number of aliphatic carboxylic acids is 1. The Bertz CT molecular complexity index is 1010. The van der Waals surface area contributed by atoms with E-state index >= 15 is 0 Å². The number of nitrogens with one attached hydrogen (secondary N) is 3. The highest BCUT2D eigenvalue weighted by Gasteiger charge is 2.33. The van der Waals surface area contributed by atoms with E-state index in [1.807, 2.05) is 20.8 Å². The minimum atomic E-state index is -1.26. The largest absolute Gasteiger partial charge is 0.508 e. The molecule has 13 nitrogen and oxygen atoms in total. The van der Waals surface area contributed by atoms with Crippen molar-refractivity contribution in [3.8, 4) is 5.75 Å². The summed E-state index contributed by atoms with van der Waals surface area (Å²) < 4.78 is 0. The third kappa shape index (κ3) is 12.3. The molecule has 0 aliphatic carbocycles. The van der Waals surface area contributed by atoms with Crippen LogP contribution >= 0.6 is 0 Å². The summed E-state index contributed by atoms with van der Waals surface area (Å²) in [5.74, 6) is -3.30. The third-order valence-electron chi connectivity index (χ3n) is 6.43. The highest BCUT2D eigenvalue weighted by molar-refractivity contribution is 5.94. The van der Waals surface area contributed by atoms with E-state index in [1.54, 1.807) is 19.1 Å². The zero-order valence-corrected chi connectivity index (χ0v) is 23.7. The van der Waals surface area contributed by atoms with Crippen molar-refractivity contribution in [1.82, 2.24) is 16.0 Å². The fraction of sp³-hybridized carbons (Fsp3) is 0.593. The Morgan fingerprint density at radius 1 is 0.925 bits per heavy atom. The normalized spacial score (nSPS) is 14.8. The van der Waals surface area contributed by atoms with Crippen molar-refractivity contribution in [1.29, 1.82) is 0 Å². The summed E-state index contributed by atoms with van der Waals surface area (Å²) in [5.41, 5.74) is 17.2. The number of benzene rings is 1. The molecule has 1 aromatic carbocycles. The summed E-state index contributed by atoms with van der Waals surface area (Å²) in [5, 5.41) is 27.1. The lowest BCUT2D eigenvalue weighted by atomic mass is 9.96. The van der Waals surface area contributed by atoms with Gasteiger partial charge in [0.1, 0.15) is 23.9 Å². The van der Waals surface area contributed by atoms with E-state index in [9.17, 15) is 29.4 Å². The molecule has 5 atom stereocenters. The number of carboxylic acids is 1. The minimum Gasteiger partial charge on any atom is -0.508 e. The Morgan fingerprint density at radius 2 is 1.52 bits per heavy atom. The maximum atomic E-state index is 13.3. The summed E-state index contributed by atoms with van der Waals surface area (Å²) in [6, 6.07) is 1.84. The number of rotatable bonds is 17. The molecule has 0 heterocycles. The first-order valence-corrected chi connectivity index (χ1v) is 13.5. The molecule has 0 fully saturated rings. The number of hydrogen-bond donors (Lipinski definition) is 8. The second-order valence-electron chi connectivity index (χ2n) is 10.4. The zero-order valence-electron chi connectivity index (χ0n) is 23.7. The van der Waals surface area contributed by atoms with Crippen LogP contribution in [0.2, 0.25) is 0 Å². The van der Waals surface area contributed by atoms with Gasteiger partial charge in [0.2, 0.25) is 17.7 Å². The SMILES string of the molecule is CCC(C)C(NC(=O)C(CC(C)C)NC(=O)C(N)CCCN=C(N)N)C(=O)NC(Cc1ccc(O)cc1)C(=O)O. The lowest BCUT2D eigenvalue weighted by molar-refractivity contribution is -0.142. The van der Waals surface area contributed by atoms with Gasteiger partial charge in [-0.2, -0.15) is 0 Å². The van der Waals surface area contributed by atoms with Gasteiger partial charge in [-0.3, -0.25) is 19.4 Å². The van der Waals surface area contributed by atoms with Crippen LogP contribution in [0.15, 0.2) is 29.3 Å². The number of nitrogens with zero attached hydrogens (tertiary/aromatic N) is 1. The van der Waals surface area contributed by atoms with Gasteiger partial charge in [-0.25, -0.2) is 4.79 Å². The smallest absolute Gasteiger partial charge is 0.326 e. The molecule has 0 saturated carbocycles. The third-order valence-corrected chi connectivity index (χ3v) is 6.43. The second kappa shape index (κ2) is 17.0. The maximum Gasteiger partial charge on any atom is 0.326 e. The number of aliphatic imine (C=N–C) groups is 1. The zero-order chi connectivity index (χ0) is 30.4. The second-order valence-corrected chi connectivity index (χ2v) is 10.4. The van der Waals surface area contributed by atoms with Crippen molar-refractivity contribution in [2.24, 2.45) is 34.0 Å². The molecule has 1 rings (SSSR count). The summed E-state index contributed by atoms with van der Waals surface area (Å²) in [6.07, 6.45) is 1.57. The van der Waals surface area contributed by atoms with E-state index in [0.29, 0.717) is 37.8 Å². The van der Waals surface area contributed by atoms with Gasteiger partial charge < -0.3 is 43.4 Å². The Hall–Kier alpha value is -3.87. The van der Waals surface area contributed by atoms with Crippen LogP contribution in [-0.2, 0) is 25.6 Å². The van der Waals surface area contributed by atoms with E-state index in [1.165, 1.54) is 12.1 Å². The number of guanidine groups is 1. The van der Waals surface area contributed by atoms with Crippen LogP contribution in [0.3, 0.4) is 0 Å². The molecule has 13 heteroatoms. The number of hydrogen-bond acceptors (Lipinski definition) is 7. The van der Waals surface area contributed by atoms with E-state index in [4.69, 9.17) is 17.2 Å². The number of carboxylic acid groups (broad SMARTS) is 1. The van der Waals surface area contributed by atoms with Gasteiger partial charge in [-0.05, 0) is 48.8 Å².